The molecule has 0 atom stereocenters. The molecule has 0 saturated heterocycles. The first kappa shape index (κ1) is 15.9. The molecule has 2 aromatic carbocycles. The van der Waals surface area contributed by atoms with E-state index in [0.717, 1.165) is 12.0 Å². The van der Waals surface area contributed by atoms with Crippen LogP contribution in [-0.4, -0.2) is 12.5 Å². The summed E-state index contributed by atoms with van der Waals surface area (Å²) < 4.78 is 0. The third-order valence-electron chi connectivity index (χ3n) is 3.24. The van der Waals surface area contributed by atoms with Crippen LogP contribution in [0.3, 0.4) is 0 Å². The maximum absolute atomic E-state index is 11.8. The van der Waals surface area contributed by atoms with Crippen molar-refractivity contribution in [3.05, 3.63) is 69.7 Å². The second-order valence-corrected chi connectivity index (χ2v) is 5.60. The fourth-order valence-corrected chi connectivity index (χ4v) is 2.68. The number of rotatable bonds is 6. The summed E-state index contributed by atoms with van der Waals surface area (Å²) in [5.74, 6) is 0.0157. The van der Waals surface area contributed by atoms with E-state index in [1.54, 1.807) is 18.2 Å². The summed E-state index contributed by atoms with van der Waals surface area (Å²) in [6.07, 6.45) is 1.77. The average molecular weight is 322 g/mol. The van der Waals surface area contributed by atoms with E-state index >= 15 is 0 Å². The maximum Gasteiger partial charge on any atom is 0.220 e. The molecule has 0 fully saturated rings. The predicted octanol–water partition coefficient (Wildman–Crippen LogP) is 4.28. The average Bonchev–Trinajstić information content (AvgIpc) is 2.48. The van der Waals surface area contributed by atoms with Gasteiger partial charge in [-0.25, -0.2) is 0 Å². The monoisotopic (exact) mass is 321 g/mol. The first-order valence-corrected chi connectivity index (χ1v) is 7.66. The van der Waals surface area contributed by atoms with Crippen LogP contribution in [0, 0.1) is 0 Å². The minimum Gasteiger partial charge on any atom is -0.356 e. The van der Waals surface area contributed by atoms with Crippen molar-refractivity contribution in [2.75, 3.05) is 6.54 Å². The zero-order valence-electron chi connectivity index (χ0n) is 11.6. The van der Waals surface area contributed by atoms with Crippen molar-refractivity contribution in [1.82, 2.24) is 5.32 Å². The topological polar surface area (TPSA) is 29.1 Å². The summed E-state index contributed by atoms with van der Waals surface area (Å²) in [5, 5.41) is 4.14. The number of nitrogens with one attached hydrogen (secondary N) is 1. The standard InChI is InChI=1S/C17H17Cl2NO/c18-15-7-4-8-16(19)14(15)9-10-17(21)20-12-11-13-5-2-1-3-6-13/h1-8H,9-12H2,(H,20,21). The molecule has 1 N–H and O–H groups in total. The molecule has 0 aliphatic heterocycles. The Labute approximate surface area is 135 Å². The van der Waals surface area contributed by atoms with Crippen LogP contribution in [0.4, 0.5) is 0 Å². The Balaban J connectivity index is 1.75. The Morgan fingerprint density at radius 2 is 1.57 bits per heavy atom. The zero-order chi connectivity index (χ0) is 15.1. The largest absolute Gasteiger partial charge is 0.356 e. The Bertz CT molecular complexity index is 579. The fraction of sp³-hybridized carbons (Fsp3) is 0.235. The second-order valence-electron chi connectivity index (χ2n) is 4.79. The van der Waals surface area contributed by atoms with Crippen LogP contribution >= 0.6 is 23.2 Å². The minimum atomic E-state index is 0.0157. The van der Waals surface area contributed by atoms with Crippen molar-refractivity contribution in [3.8, 4) is 0 Å². The molecule has 0 unspecified atom stereocenters. The highest BCUT2D eigenvalue weighted by Gasteiger charge is 2.08. The Kier molecular flexibility index (Phi) is 6.09. The van der Waals surface area contributed by atoms with Crippen LogP contribution in [0.1, 0.15) is 17.5 Å². The quantitative estimate of drug-likeness (QED) is 0.845. The van der Waals surface area contributed by atoms with Crippen molar-refractivity contribution in [2.45, 2.75) is 19.3 Å². The van der Waals surface area contributed by atoms with E-state index in [-0.39, 0.29) is 5.91 Å². The molecule has 0 radical (unpaired) electrons. The molecule has 4 heteroatoms. The molecule has 1 amide bonds. The normalized spacial score (nSPS) is 10.4. The first-order chi connectivity index (χ1) is 10.2. The van der Waals surface area contributed by atoms with E-state index in [2.05, 4.69) is 17.4 Å². The summed E-state index contributed by atoms with van der Waals surface area (Å²) in [7, 11) is 0. The second kappa shape index (κ2) is 8.06. The molecule has 2 rings (SSSR count). The van der Waals surface area contributed by atoms with E-state index in [0.29, 0.717) is 29.4 Å². The predicted molar refractivity (Wildman–Crippen MR) is 87.9 cm³/mol. The van der Waals surface area contributed by atoms with Gasteiger partial charge in [-0.2, -0.15) is 0 Å². The van der Waals surface area contributed by atoms with Crippen molar-refractivity contribution in [3.63, 3.8) is 0 Å². The highest BCUT2D eigenvalue weighted by molar-refractivity contribution is 6.36. The van der Waals surface area contributed by atoms with Gasteiger partial charge in [0.25, 0.3) is 0 Å². The van der Waals surface area contributed by atoms with E-state index in [9.17, 15) is 4.79 Å². The van der Waals surface area contributed by atoms with E-state index in [1.165, 1.54) is 5.56 Å². The number of hydrogen-bond acceptors (Lipinski definition) is 1. The lowest BCUT2D eigenvalue weighted by atomic mass is 10.1. The highest BCUT2D eigenvalue weighted by atomic mass is 35.5. The van der Waals surface area contributed by atoms with Crippen LogP contribution < -0.4 is 5.32 Å². The van der Waals surface area contributed by atoms with Crippen LogP contribution in [0.15, 0.2) is 48.5 Å². The van der Waals surface area contributed by atoms with Gasteiger partial charge in [0.1, 0.15) is 0 Å². The molecule has 2 nitrogen and oxygen atoms in total. The Morgan fingerprint density at radius 1 is 0.905 bits per heavy atom. The zero-order valence-corrected chi connectivity index (χ0v) is 13.1. The van der Waals surface area contributed by atoms with E-state index in [4.69, 9.17) is 23.2 Å². The number of carbonyl (C=O) groups excluding carboxylic acids is 1. The van der Waals surface area contributed by atoms with Crippen molar-refractivity contribution in [1.29, 1.82) is 0 Å². The third kappa shape index (κ3) is 5.07. The summed E-state index contributed by atoms with van der Waals surface area (Å²) in [6.45, 7) is 0.638. The van der Waals surface area contributed by atoms with E-state index in [1.807, 2.05) is 18.2 Å². The Morgan fingerprint density at radius 3 is 2.24 bits per heavy atom. The number of amides is 1. The highest BCUT2D eigenvalue weighted by Crippen LogP contribution is 2.25. The molecular weight excluding hydrogens is 305 g/mol. The summed E-state index contributed by atoms with van der Waals surface area (Å²) in [4.78, 5) is 11.8. The molecule has 0 spiro atoms. The van der Waals surface area contributed by atoms with Gasteiger partial charge in [0.05, 0.1) is 0 Å². The van der Waals surface area contributed by atoms with Crippen molar-refractivity contribution < 1.29 is 4.79 Å². The van der Waals surface area contributed by atoms with Gasteiger partial charge in [0.2, 0.25) is 5.91 Å². The van der Waals surface area contributed by atoms with Gasteiger partial charge >= 0.3 is 0 Å². The lowest BCUT2D eigenvalue weighted by molar-refractivity contribution is -0.121. The summed E-state index contributed by atoms with van der Waals surface area (Å²) in [6, 6.07) is 15.5. The van der Waals surface area contributed by atoms with Crippen LogP contribution in [0.2, 0.25) is 10.0 Å². The SMILES string of the molecule is O=C(CCc1c(Cl)cccc1Cl)NCCc1ccccc1. The molecule has 2 aromatic rings. The van der Waals surface area contributed by atoms with Crippen LogP contribution in [-0.2, 0) is 17.6 Å². The van der Waals surface area contributed by atoms with Crippen molar-refractivity contribution in [2.24, 2.45) is 0 Å². The van der Waals surface area contributed by atoms with Crippen LogP contribution in [0.5, 0.6) is 0 Å². The molecule has 0 aliphatic rings. The van der Waals surface area contributed by atoms with Gasteiger partial charge in [0, 0.05) is 23.0 Å². The first-order valence-electron chi connectivity index (χ1n) is 6.90. The van der Waals surface area contributed by atoms with Crippen molar-refractivity contribution >= 4 is 29.1 Å². The van der Waals surface area contributed by atoms with Gasteiger partial charge in [0.15, 0.2) is 0 Å². The van der Waals surface area contributed by atoms with Gasteiger partial charge in [-0.15, -0.1) is 0 Å². The van der Waals surface area contributed by atoms with Gasteiger partial charge in [-0.05, 0) is 36.1 Å². The third-order valence-corrected chi connectivity index (χ3v) is 3.95. The number of halogens is 2. The minimum absolute atomic E-state index is 0.0157. The molecule has 21 heavy (non-hydrogen) atoms. The van der Waals surface area contributed by atoms with Crippen LogP contribution in [0.25, 0.3) is 0 Å². The molecule has 0 heterocycles. The number of benzene rings is 2. The lowest BCUT2D eigenvalue weighted by Gasteiger charge is -2.08. The lowest BCUT2D eigenvalue weighted by Crippen LogP contribution is -2.25. The number of hydrogen-bond donors (Lipinski definition) is 1. The molecule has 0 bridgehead atoms. The van der Waals surface area contributed by atoms with E-state index < -0.39 is 0 Å². The molecule has 0 saturated carbocycles. The smallest absolute Gasteiger partial charge is 0.220 e. The molecule has 110 valence electrons. The van der Waals surface area contributed by atoms with Gasteiger partial charge in [-0.3, -0.25) is 4.79 Å². The van der Waals surface area contributed by atoms with Gasteiger partial charge in [-0.1, -0.05) is 59.6 Å². The fourth-order valence-electron chi connectivity index (χ4n) is 2.09. The molecular formula is C17H17Cl2NO. The summed E-state index contributed by atoms with van der Waals surface area (Å²) >= 11 is 12.2. The van der Waals surface area contributed by atoms with Gasteiger partial charge < -0.3 is 5.32 Å². The maximum atomic E-state index is 11.8. The summed E-state index contributed by atoms with van der Waals surface area (Å²) in [5.41, 5.74) is 2.05. The molecule has 0 aromatic heterocycles. The molecule has 0 aliphatic carbocycles. The number of carbonyl (C=O) groups is 1. The Hall–Kier alpha value is -1.51.